The Balaban J connectivity index is 1.83. The van der Waals surface area contributed by atoms with Crippen LogP contribution in [0, 0.1) is 6.92 Å². The van der Waals surface area contributed by atoms with Crippen LogP contribution < -0.4 is 5.32 Å². The smallest absolute Gasteiger partial charge is 0.243 e. The van der Waals surface area contributed by atoms with E-state index in [0.717, 1.165) is 23.3 Å². The third kappa shape index (κ3) is 8.59. The first-order valence-electron chi connectivity index (χ1n) is 12.3. The molecular formula is C30H36N2O2S. The molecule has 0 heterocycles. The van der Waals surface area contributed by atoms with E-state index in [1.165, 1.54) is 11.1 Å². The van der Waals surface area contributed by atoms with E-state index in [2.05, 4.69) is 30.4 Å². The Morgan fingerprint density at radius 2 is 1.51 bits per heavy atom. The minimum absolute atomic E-state index is 0.0215. The zero-order chi connectivity index (χ0) is 25.0. The van der Waals surface area contributed by atoms with E-state index in [1.54, 1.807) is 16.7 Å². The van der Waals surface area contributed by atoms with Gasteiger partial charge in [-0.3, -0.25) is 9.59 Å². The Labute approximate surface area is 214 Å². The van der Waals surface area contributed by atoms with Crippen molar-refractivity contribution in [1.29, 1.82) is 0 Å². The highest BCUT2D eigenvalue weighted by atomic mass is 32.2. The number of hydrogen-bond donors (Lipinski definition) is 1. The van der Waals surface area contributed by atoms with E-state index in [-0.39, 0.29) is 17.9 Å². The second-order valence-corrected chi connectivity index (χ2v) is 10.00. The molecule has 0 aliphatic rings. The van der Waals surface area contributed by atoms with E-state index < -0.39 is 6.04 Å². The van der Waals surface area contributed by atoms with Gasteiger partial charge in [-0.15, -0.1) is 11.8 Å². The van der Waals surface area contributed by atoms with Crippen LogP contribution in [0.3, 0.4) is 0 Å². The van der Waals surface area contributed by atoms with Crippen molar-refractivity contribution >= 4 is 23.6 Å². The number of amides is 2. The minimum Gasteiger partial charge on any atom is -0.352 e. The van der Waals surface area contributed by atoms with Crippen LogP contribution in [0.25, 0.3) is 0 Å². The molecule has 35 heavy (non-hydrogen) atoms. The highest BCUT2D eigenvalue weighted by Gasteiger charge is 2.30. The van der Waals surface area contributed by atoms with Crippen LogP contribution in [-0.4, -0.2) is 34.6 Å². The van der Waals surface area contributed by atoms with Crippen LogP contribution in [0.5, 0.6) is 0 Å². The molecule has 0 saturated heterocycles. The Kier molecular flexibility index (Phi) is 10.4. The van der Waals surface area contributed by atoms with E-state index in [0.29, 0.717) is 18.7 Å². The van der Waals surface area contributed by atoms with Crippen molar-refractivity contribution in [2.45, 2.75) is 58.0 Å². The van der Waals surface area contributed by atoms with Gasteiger partial charge in [0.05, 0.1) is 5.75 Å². The summed E-state index contributed by atoms with van der Waals surface area (Å²) in [6, 6.07) is 27.7. The highest BCUT2D eigenvalue weighted by Crippen LogP contribution is 2.19. The van der Waals surface area contributed by atoms with Gasteiger partial charge in [0, 0.05) is 24.8 Å². The van der Waals surface area contributed by atoms with Crippen LogP contribution in [0.4, 0.5) is 0 Å². The maximum absolute atomic E-state index is 13.6. The van der Waals surface area contributed by atoms with Gasteiger partial charge in [-0.05, 0) is 37.0 Å². The van der Waals surface area contributed by atoms with Crippen molar-refractivity contribution in [3.8, 4) is 0 Å². The molecule has 1 N–H and O–H groups in total. The van der Waals surface area contributed by atoms with E-state index >= 15 is 0 Å². The van der Waals surface area contributed by atoms with E-state index in [1.807, 2.05) is 80.6 Å². The van der Waals surface area contributed by atoms with Crippen molar-refractivity contribution in [2.75, 3.05) is 5.75 Å². The number of aryl methyl sites for hydroxylation is 1. The molecule has 0 aromatic heterocycles. The average molecular weight is 489 g/mol. The van der Waals surface area contributed by atoms with E-state index in [9.17, 15) is 9.59 Å². The van der Waals surface area contributed by atoms with Crippen molar-refractivity contribution < 1.29 is 9.59 Å². The van der Waals surface area contributed by atoms with Gasteiger partial charge in [0.1, 0.15) is 6.04 Å². The van der Waals surface area contributed by atoms with Crippen LogP contribution in [-0.2, 0) is 28.3 Å². The van der Waals surface area contributed by atoms with Crippen LogP contribution in [0.15, 0.2) is 84.9 Å². The average Bonchev–Trinajstić information content (AvgIpc) is 2.87. The molecule has 5 heteroatoms. The van der Waals surface area contributed by atoms with Crippen LogP contribution >= 0.6 is 11.8 Å². The van der Waals surface area contributed by atoms with Gasteiger partial charge in [-0.25, -0.2) is 0 Å². The van der Waals surface area contributed by atoms with E-state index in [4.69, 9.17) is 0 Å². The summed E-state index contributed by atoms with van der Waals surface area (Å²) in [5.41, 5.74) is 4.46. The van der Waals surface area contributed by atoms with Gasteiger partial charge in [0.2, 0.25) is 11.8 Å². The Hall–Kier alpha value is -3.05. The molecule has 3 aromatic rings. The lowest BCUT2D eigenvalue weighted by Crippen LogP contribution is -2.52. The molecule has 184 valence electrons. The topological polar surface area (TPSA) is 49.4 Å². The largest absolute Gasteiger partial charge is 0.352 e. The predicted octanol–water partition coefficient (Wildman–Crippen LogP) is 5.78. The predicted molar refractivity (Wildman–Crippen MR) is 146 cm³/mol. The summed E-state index contributed by atoms with van der Waals surface area (Å²) in [4.78, 5) is 28.9. The Bertz CT molecular complexity index is 1070. The number of nitrogens with zero attached hydrogens (tertiary/aromatic N) is 1. The number of hydrogen-bond acceptors (Lipinski definition) is 3. The first kappa shape index (κ1) is 26.6. The first-order valence-corrected chi connectivity index (χ1v) is 13.4. The summed E-state index contributed by atoms with van der Waals surface area (Å²) in [7, 11) is 0. The number of nitrogens with one attached hydrogen (secondary N) is 1. The highest BCUT2D eigenvalue weighted by molar-refractivity contribution is 7.99. The molecule has 2 amide bonds. The SMILES string of the molecule is CC[C@H](C)NC(=O)[C@H](Cc1ccccc1)N(Cc1ccccc1)C(=O)CSCc1cccc(C)c1. The molecule has 0 unspecified atom stereocenters. The molecule has 2 atom stereocenters. The zero-order valence-electron chi connectivity index (χ0n) is 20.9. The molecule has 0 aliphatic carbocycles. The normalized spacial score (nSPS) is 12.5. The van der Waals surface area contributed by atoms with Crippen molar-refractivity contribution in [3.05, 3.63) is 107 Å². The summed E-state index contributed by atoms with van der Waals surface area (Å²) in [6.45, 7) is 6.52. The van der Waals surface area contributed by atoms with Crippen molar-refractivity contribution in [2.24, 2.45) is 0 Å². The summed E-state index contributed by atoms with van der Waals surface area (Å²) < 4.78 is 0. The summed E-state index contributed by atoms with van der Waals surface area (Å²) >= 11 is 1.59. The maximum atomic E-state index is 13.6. The lowest BCUT2D eigenvalue weighted by Gasteiger charge is -2.32. The number of rotatable bonds is 12. The molecule has 0 saturated carbocycles. The number of carbonyl (C=O) groups is 2. The third-order valence-electron chi connectivity index (χ3n) is 6.04. The van der Waals surface area contributed by atoms with Crippen LogP contribution in [0.1, 0.15) is 42.5 Å². The first-order chi connectivity index (χ1) is 17.0. The number of carbonyl (C=O) groups excluding carboxylic acids is 2. The minimum atomic E-state index is -0.585. The standard InChI is InChI=1S/C30H36N2O2S/c1-4-24(3)31-30(34)28(19-25-13-7-5-8-14-25)32(20-26-15-9-6-10-16-26)29(33)22-35-21-27-17-11-12-23(2)18-27/h5-18,24,28H,4,19-22H2,1-3H3,(H,31,34)/t24-,28-/m0/s1. The summed E-state index contributed by atoms with van der Waals surface area (Å²) in [6.07, 6.45) is 1.31. The van der Waals surface area contributed by atoms with Gasteiger partial charge in [0.25, 0.3) is 0 Å². The fourth-order valence-corrected chi connectivity index (χ4v) is 4.77. The molecule has 3 rings (SSSR count). The molecule has 0 radical (unpaired) electrons. The molecule has 0 bridgehead atoms. The second-order valence-electron chi connectivity index (χ2n) is 9.01. The quantitative estimate of drug-likeness (QED) is 0.351. The summed E-state index contributed by atoms with van der Waals surface area (Å²) in [5, 5.41) is 3.12. The fraction of sp³-hybridized carbons (Fsp3) is 0.333. The van der Waals surface area contributed by atoms with Gasteiger partial charge < -0.3 is 10.2 Å². The Morgan fingerprint density at radius 3 is 2.14 bits per heavy atom. The maximum Gasteiger partial charge on any atom is 0.243 e. The zero-order valence-corrected chi connectivity index (χ0v) is 21.8. The van der Waals surface area contributed by atoms with Crippen LogP contribution in [0.2, 0.25) is 0 Å². The molecule has 0 fully saturated rings. The van der Waals surface area contributed by atoms with Gasteiger partial charge >= 0.3 is 0 Å². The summed E-state index contributed by atoms with van der Waals surface area (Å²) in [5.74, 6) is 0.959. The molecule has 0 aliphatic heterocycles. The Morgan fingerprint density at radius 1 is 0.886 bits per heavy atom. The monoisotopic (exact) mass is 488 g/mol. The number of thioether (sulfide) groups is 1. The molecular weight excluding hydrogens is 452 g/mol. The number of benzene rings is 3. The van der Waals surface area contributed by atoms with Gasteiger partial charge in [0.15, 0.2) is 0 Å². The molecule has 0 spiro atoms. The molecule has 3 aromatic carbocycles. The third-order valence-corrected chi connectivity index (χ3v) is 7.03. The second kappa shape index (κ2) is 13.7. The fourth-order valence-electron chi connectivity index (χ4n) is 3.92. The van der Waals surface area contributed by atoms with Gasteiger partial charge in [-0.1, -0.05) is 97.4 Å². The van der Waals surface area contributed by atoms with Crippen molar-refractivity contribution in [1.82, 2.24) is 10.2 Å². The lowest BCUT2D eigenvalue weighted by atomic mass is 10.0. The lowest BCUT2D eigenvalue weighted by molar-refractivity contribution is -0.139. The van der Waals surface area contributed by atoms with Crippen molar-refractivity contribution in [3.63, 3.8) is 0 Å². The molecule has 4 nitrogen and oxygen atoms in total. The van der Waals surface area contributed by atoms with Gasteiger partial charge in [-0.2, -0.15) is 0 Å².